The second kappa shape index (κ2) is 3.57. The van der Waals surface area contributed by atoms with E-state index in [-0.39, 0.29) is 5.78 Å². The number of ketones is 1. The monoisotopic (exact) mass is 201 g/mol. The van der Waals surface area contributed by atoms with Crippen LogP contribution in [0.5, 0.6) is 0 Å². The Morgan fingerprint density at radius 2 is 2.36 bits per heavy atom. The van der Waals surface area contributed by atoms with Gasteiger partial charge in [-0.2, -0.15) is 0 Å². The quantitative estimate of drug-likeness (QED) is 0.684. The lowest BCUT2D eigenvalue weighted by molar-refractivity contribution is -0.126. The zero-order valence-electron chi connectivity index (χ0n) is 8.53. The van der Waals surface area contributed by atoms with E-state index in [9.17, 15) is 14.7 Å². The molecule has 1 fully saturated rings. The third-order valence-corrected chi connectivity index (χ3v) is 2.60. The Labute approximate surface area is 82.4 Å². The van der Waals surface area contributed by atoms with E-state index in [1.807, 2.05) is 0 Å². The molecule has 1 saturated heterocycles. The van der Waals surface area contributed by atoms with Crippen molar-refractivity contribution >= 4 is 11.9 Å². The van der Waals surface area contributed by atoms with Gasteiger partial charge in [0.05, 0.1) is 6.10 Å². The number of rotatable bonds is 3. The van der Waals surface area contributed by atoms with E-state index in [0.717, 1.165) is 0 Å². The number of alkyl carbamates (subject to hydrolysis) is 1. The average molecular weight is 201 g/mol. The lowest BCUT2D eigenvalue weighted by Crippen LogP contribution is -2.53. The molecule has 1 amide bonds. The third-order valence-electron chi connectivity index (χ3n) is 2.60. The normalized spacial score (nSPS) is 33.4. The van der Waals surface area contributed by atoms with Crippen molar-refractivity contribution in [1.82, 2.24) is 5.32 Å². The van der Waals surface area contributed by atoms with E-state index in [2.05, 4.69) is 5.32 Å². The second-order valence-corrected chi connectivity index (χ2v) is 3.69. The van der Waals surface area contributed by atoms with Gasteiger partial charge in [-0.15, -0.1) is 0 Å². The van der Waals surface area contributed by atoms with Crippen LogP contribution in [0.15, 0.2) is 0 Å². The minimum Gasteiger partial charge on any atom is -0.438 e. The summed E-state index contributed by atoms with van der Waals surface area (Å²) in [5.74, 6) is -0.217. The minimum absolute atomic E-state index is 0.217. The van der Waals surface area contributed by atoms with Gasteiger partial charge in [0.15, 0.2) is 11.4 Å². The lowest BCUT2D eigenvalue weighted by atomic mass is 9.87. The summed E-state index contributed by atoms with van der Waals surface area (Å²) in [4.78, 5) is 22.2. The average Bonchev–Trinajstić information content (AvgIpc) is 2.41. The molecule has 0 radical (unpaired) electrons. The van der Waals surface area contributed by atoms with Crippen molar-refractivity contribution in [3.05, 3.63) is 0 Å². The summed E-state index contributed by atoms with van der Waals surface area (Å²) < 4.78 is 4.95. The molecule has 5 heteroatoms. The van der Waals surface area contributed by atoms with Gasteiger partial charge in [-0.1, -0.05) is 6.92 Å². The second-order valence-electron chi connectivity index (χ2n) is 3.69. The first kappa shape index (κ1) is 11.0. The molecule has 3 atom stereocenters. The number of hydrogen-bond donors (Lipinski definition) is 2. The molecule has 0 saturated carbocycles. The fourth-order valence-corrected chi connectivity index (χ4v) is 1.72. The van der Waals surface area contributed by atoms with E-state index < -0.39 is 23.8 Å². The Hall–Kier alpha value is -1.10. The number of amides is 1. The van der Waals surface area contributed by atoms with Gasteiger partial charge in [0.2, 0.25) is 0 Å². The topological polar surface area (TPSA) is 75.6 Å². The van der Waals surface area contributed by atoms with Gasteiger partial charge in [0, 0.05) is 0 Å². The number of nitrogens with one attached hydrogen (secondary N) is 1. The maximum Gasteiger partial charge on any atom is 0.408 e. The highest BCUT2D eigenvalue weighted by Gasteiger charge is 2.52. The van der Waals surface area contributed by atoms with Gasteiger partial charge in [0.25, 0.3) is 0 Å². The van der Waals surface area contributed by atoms with E-state index in [4.69, 9.17) is 4.74 Å². The van der Waals surface area contributed by atoms with Gasteiger partial charge >= 0.3 is 6.09 Å². The molecule has 0 aliphatic carbocycles. The molecule has 0 aromatic heterocycles. The molecular formula is C9H15NO4. The number of hydrogen-bond acceptors (Lipinski definition) is 4. The molecule has 14 heavy (non-hydrogen) atoms. The van der Waals surface area contributed by atoms with E-state index in [0.29, 0.717) is 6.42 Å². The van der Waals surface area contributed by atoms with Crippen LogP contribution in [0.4, 0.5) is 4.79 Å². The maximum atomic E-state index is 11.2. The highest BCUT2D eigenvalue weighted by atomic mass is 16.6. The van der Waals surface area contributed by atoms with Crippen LogP contribution in [0.3, 0.4) is 0 Å². The number of carbonyl (C=O) groups excluding carboxylic acids is 2. The Morgan fingerprint density at radius 1 is 1.79 bits per heavy atom. The van der Waals surface area contributed by atoms with Gasteiger partial charge in [-0.05, 0) is 20.3 Å². The van der Waals surface area contributed by atoms with Crippen molar-refractivity contribution in [2.75, 3.05) is 0 Å². The SMILES string of the molecule is CC[C@@H](O)[C@@]1(C)OC(=O)N[C@@H]1C(C)=O. The Kier molecular flexibility index (Phi) is 2.80. The predicted octanol–water partition coefficient (Wildman–Crippen LogP) is 0.213. The highest BCUT2D eigenvalue weighted by molar-refractivity contribution is 5.89. The third kappa shape index (κ3) is 1.59. The van der Waals surface area contributed by atoms with E-state index >= 15 is 0 Å². The molecule has 1 rings (SSSR count). The Balaban J connectivity index is 2.94. The van der Waals surface area contributed by atoms with Gasteiger partial charge in [-0.25, -0.2) is 4.79 Å². The maximum absolute atomic E-state index is 11.2. The number of ether oxygens (including phenoxy) is 1. The van der Waals surface area contributed by atoms with Crippen LogP contribution < -0.4 is 5.32 Å². The summed E-state index contributed by atoms with van der Waals surface area (Å²) in [6.07, 6.45) is -1.06. The van der Waals surface area contributed by atoms with Crippen molar-refractivity contribution in [3.8, 4) is 0 Å². The van der Waals surface area contributed by atoms with Crippen molar-refractivity contribution < 1.29 is 19.4 Å². The molecule has 80 valence electrons. The zero-order valence-corrected chi connectivity index (χ0v) is 8.53. The molecule has 1 heterocycles. The van der Waals surface area contributed by atoms with Crippen molar-refractivity contribution in [1.29, 1.82) is 0 Å². The summed E-state index contributed by atoms with van der Waals surface area (Å²) in [5, 5.41) is 12.1. The molecule has 0 unspecified atom stereocenters. The van der Waals surface area contributed by atoms with Crippen molar-refractivity contribution in [2.45, 2.75) is 44.9 Å². The first-order valence-corrected chi connectivity index (χ1v) is 4.59. The van der Waals surface area contributed by atoms with Crippen LogP contribution in [0.1, 0.15) is 27.2 Å². The smallest absolute Gasteiger partial charge is 0.408 e. The summed E-state index contributed by atoms with van der Waals surface area (Å²) >= 11 is 0. The van der Waals surface area contributed by atoms with Gasteiger partial charge in [-0.3, -0.25) is 4.79 Å². The zero-order chi connectivity index (χ0) is 10.9. The largest absolute Gasteiger partial charge is 0.438 e. The van der Waals surface area contributed by atoms with E-state index in [1.165, 1.54) is 6.92 Å². The van der Waals surface area contributed by atoms with Crippen LogP contribution in [-0.4, -0.2) is 34.7 Å². The Morgan fingerprint density at radius 3 is 2.79 bits per heavy atom. The summed E-state index contributed by atoms with van der Waals surface area (Å²) in [7, 11) is 0. The lowest BCUT2D eigenvalue weighted by Gasteiger charge is -2.31. The molecule has 5 nitrogen and oxygen atoms in total. The number of aliphatic hydroxyl groups is 1. The fourth-order valence-electron chi connectivity index (χ4n) is 1.72. The molecule has 0 bridgehead atoms. The number of cyclic esters (lactones) is 1. The van der Waals surface area contributed by atoms with Crippen LogP contribution in [-0.2, 0) is 9.53 Å². The van der Waals surface area contributed by atoms with Crippen LogP contribution in [0, 0.1) is 0 Å². The number of carbonyl (C=O) groups is 2. The molecule has 0 spiro atoms. The van der Waals surface area contributed by atoms with Crippen LogP contribution >= 0.6 is 0 Å². The molecule has 2 N–H and O–H groups in total. The number of Topliss-reactive ketones (excluding diaryl/α,β-unsaturated/α-hetero) is 1. The highest BCUT2D eigenvalue weighted by Crippen LogP contribution is 2.28. The summed E-state index contributed by atoms with van der Waals surface area (Å²) in [6.45, 7) is 4.69. The predicted molar refractivity (Wildman–Crippen MR) is 48.8 cm³/mol. The molecular weight excluding hydrogens is 186 g/mol. The first-order valence-electron chi connectivity index (χ1n) is 4.59. The molecule has 0 aromatic rings. The minimum atomic E-state index is -1.14. The number of aliphatic hydroxyl groups excluding tert-OH is 1. The first-order chi connectivity index (χ1) is 6.41. The fraction of sp³-hybridized carbons (Fsp3) is 0.778. The molecule has 1 aliphatic rings. The standard InChI is InChI=1S/C9H15NO4/c1-4-6(12)9(3)7(5(2)11)10-8(13)14-9/h6-7,12H,4H2,1-3H3,(H,10,13)/t6-,7-,9-/m1/s1. The van der Waals surface area contributed by atoms with Crippen molar-refractivity contribution in [2.24, 2.45) is 0 Å². The van der Waals surface area contributed by atoms with Crippen LogP contribution in [0.2, 0.25) is 0 Å². The summed E-state index contributed by atoms with van der Waals surface area (Å²) in [5.41, 5.74) is -1.14. The van der Waals surface area contributed by atoms with Crippen molar-refractivity contribution in [3.63, 3.8) is 0 Å². The molecule has 0 aromatic carbocycles. The van der Waals surface area contributed by atoms with Gasteiger partial charge < -0.3 is 15.2 Å². The molecule has 1 aliphatic heterocycles. The Bertz CT molecular complexity index is 266. The summed E-state index contributed by atoms with van der Waals surface area (Å²) in [6, 6.07) is -0.759. The van der Waals surface area contributed by atoms with Crippen LogP contribution in [0.25, 0.3) is 0 Å². The van der Waals surface area contributed by atoms with E-state index in [1.54, 1.807) is 13.8 Å². The van der Waals surface area contributed by atoms with Gasteiger partial charge in [0.1, 0.15) is 6.04 Å².